The van der Waals surface area contributed by atoms with Gasteiger partial charge in [-0.2, -0.15) is 0 Å². The molecule has 3 atom stereocenters. The second kappa shape index (κ2) is 7.24. The fourth-order valence-electron chi connectivity index (χ4n) is 6.51. The molecule has 3 aliphatic rings. The molecule has 0 aromatic heterocycles. The Hall–Kier alpha value is -2.02. The number of aldehydes is 1. The first kappa shape index (κ1) is 21.8. The largest absolute Gasteiger partial charge is 0.358 e. The summed E-state index contributed by atoms with van der Waals surface area (Å²) >= 11 is 12.3. The molecule has 3 unspecified atom stereocenters. The van der Waals surface area contributed by atoms with Crippen LogP contribution in [-0.4, -0.2) is 31.2 Å². The Bertz CT molecular complexity index is 1130. The molecule has 2 aliphatic heterocycles. The Kier molecular flexibility index (Phi) is 4.93. The number of carbonyl (C=O) groups is 1. The van der Waals surface area contributed by atoms with E-state index in [-0.39, 0.29) is 23.4 Å². The van der Waals surface area contributed by atoms with Crippen LogP contribution in [0.3, 0.4) is 0 Å². The van der Waals surface area contributed by atoms with E-state index in [4.69, 9.17) is 23.2 Å². The van der Waals surface area contributed by atoms with Gasteiger partial charge in [-0.05, 0) is 42.2 Å². The molecule has 0 amide bonds. The molecule has 32 heavy (non-hydrogen) atoms. The average Bonchev–Trinajstić information content (AvgIpc) is 3.21. The molecule has 2 aromatic carbocycles. The van der Waals surface area contributed by atoms with Gasteiger partial charge in [0.1, 0.15) is 12.1 Å². The molecule has 8 heteroatoms. The van der Waals surface area contributed by atoms with E-state index < -0.39 is 47.5 Å². The summed E-state index contributed by atoms with van der Waals surface area (Å²) in [6, 6.07) is 9.12. The highest BCUT2D eigenvalue weighted by molar-refractivity contribution is 6.31. The van der Waals surface area contributed by atoms with Gasteiger partial charge in [0.05, 0.1) is 29.8 Å². The minimum atomic E-state index is -1.15. The maximum absolute atomic E-state index is 15.4. The maximum Gasteiger partial charge on any atom is 0.145 e. The van der Waals surface area contributed by atoms with E-state index >= 15 is 4.39 Å². The van der Waals surface area contributed by atoms with Crippen LogP contribution in [0.1, 0.15) is 29.9 Å². The van der Waals surface area contributed by atoms with E-state index in [0.717, 1.165) is 11.8 Å². The zero-order chi connectivity index (χ0) is 22.9. The summed E-state index contributed by atoms with van der Waals surface area (Å²) in [6.07, 6.45) is 1.01. The molecule has 5 rings (SSSR count). The van der Waals surface area contributed by atoms with Crippen LogP contribution < -0.4 is 10.6 Å². The van der Waals surface area contributed by atoms with Crippen LogP contribution in [0.5, 0.6) is 0 Å². The highest BCUT2D eigenvalue weighted by Gasteiger charge is 2.75. The fraction of sp³-hybridized carbons (Fsp3) is 0.375. The van der Waals surface area contributed by atoms with Gasteiger partial charge in [-0.15, -0.1) is 0 Å². The molecule has 3 nitrogen and oxygen atoms in total. The molecule has 168 valence electrons. The lowest BCUT2D eigenvalue weighted by atomic mass is 9.45. The number of nitrogens with one attached hydrogen (secondary N) is 2. The Morgan fingerprint density at radius 2 is 1.88 bits per heavy atom. The molecule has 0 radical (unpaired) electrons. The molecule has 0 bridgehead atoms. The molecule has 1 saturated heterocycles. The first-order valence-electron chi connectivity index (χ1n) is 10.3. The van der Waals surface area contributed by atoms with Crippen molar-refractivity contribution in [3.05, 3.63) is 75.7 Å². The molecule has 1 aliphatic carbocycles. The van der Waals surface area contributed by atoms with E-state index in [1.807, 2.05) is 6.07 Å². The van der Waals surface area contributed by atoms with Crippen molar-refractivity contribution in [1.82, 2.24) is 5.32 Å². The molecule has 2 heterocycles. The highest BCUT2D eigenvalue weighted by Crippen LogP contribution is 2.70. The minimum Gasteiger partial charge on any atom is -0.358 e. The number of anilines is 1. The van der Waals surface area contributed by atoms with Crippen LogP contribution in [0, 0.1) is 11.2 Å². The van der Waals surface area contributed by atoms with Gasteiger partial charge in [-0.3, -0.25) is 8.78 Å². The van der Waals surface area contributed by atoms with Gasteiger partial charge in [0.2, 0.25) is 0 Å². The van der Waals surface area contributed by atoms with Gasteiger partial charge < -0.3 is 15.4 Å². The fourth-order valence-corrected chi connectivity index (χ4v) is 6.86. The third kappa shape index (κ3) is 2.57. The number of benzene rings is 2. The summed E-state index contributed by atoms with van der Waals surface area (Å²) < 4.78 is 43.2. The zero-order valence-electron chi connectivity index (χ0n) is 17.0. The average molecular weight is 481 g/mol. The van der Waals surface area contributed by atoms with E-state index in [1.165, 1.54) is 6.07 Å². The first-order valence-corrected chi connectivity index (χ1v) is 11.1. The summed E-state index contributed by atoms with van der Waals surface area (Å²) in [7, 11) is 0. The number of alkyl halides is 2. The molecule has 2 fully saturated rings. The standard InChI is InChI=1S/C24H21Cl2F3N2O/c1-13-24(16-6-5-14(25)7-18(16)30-13)20(15-3-2-4-17(26)21(15)29)19(8-32)31-23(24)9-22(10-23,11-27)12-28/h2-8,19-20,30-31H,1,9-12H2. The Labute approximate surface area is 194 Å². The second-order valence-corrected chi connectivity index (χ2v) is 10.1. The Morgan fingerprint density at radius 3 is 2.53 bits per heavy atom. The molecule has 2 spiro atoms. The SMILES string of the molecule is C=C1Nc2cc(Cl)ccc2C12C(c1cccc(Cl)c1F)C(C=O)NC21CC(CF)(CF)C1. The maximum atomic E-state index is 15.4. The van der Waals surface area contributed by atoms with Gasteiger partial charge in [0, 0.05) is 33.3 Å². The van der Waals surface area contributed by atoms with Crippen molar-refractivity contribution >= 4 is 35.2 Å². The normalized spacial score (nSPS) is 29.1. The third-order valence-corrected chi connectivity index (χ3v) is 8.10. The van der Waals surface area contributed by atoms with Crippen molar-refractivity contribution in [3.8, 4) is 0 Å². The van der Waals surface area contributed by atoms with E-state index in [9.17, 15) is 13.6 Å². The van der Waals surface area contributed by atoms with Gasteiger partial charge >= 0.3 is 0 Å². The molecule has 2 aromatic rings. The second-order valence-electron chi connectivity index (χ2n) is 9.23. The van der Waals surface area contributed by atoms with E-state index in [1.54, 1.807) is 24.3 Å². The smallest absolute Gasteiger partial charge is 0.145 e. The number of hydrogen-bond donors (Lipinski definition) is 2. The Balaban J connectivity index is 1.80. The van der Waals surface area contributed by atoms with Crippen molar-refractivity contribution in [2.75, 3.05) is 18.7 Å². The molecular weight excluding hydrogens is 460 g/mol. The van der Waals surface area contributed by atoms with Gasteiger partial charge in [-0.25, -0.2) is 4.39 Å². The number of rotatable bonds is 4. The molecular formula is C24H21Cl2F3N2O. The van der Waals surface area contributed by atoms with Crippen LogP contribution in [0.25, 0.3) is 0 Å². The summed E-state index contributed by atoms with van der Waals surface area (Å²) in [6.45, 7) is 2.61. The first-order chi connectivity index (χ1) is 15.3. The summed E-state index contributed by atoms with van der Waals surface area (Å²) in [5, 5.41) is 7.04. The summed E-state index contributed by atoms with van der Waals surface area (Å²) in [4.78, 5) is 12.3. The van der Waals surface area contributed by atoms with Crippen molar-refractivity contribution in [2.24, 2.45) is 5.41 Å². The van der Waals surface area contributed by atoms with Crippen LogP contribution >= 0.6 is 23.2 Å². The highest BCUT2D eigenvalue weighted by atomic mass is 35.5. The summed E-state index contributed by atoms with van der Waals surface area (Å²) in [5.74, 6) is -1.36. The van der Waals surface area contributed by atoms with Crippen molar-refractivity contribution in [3.63, 3.8) is 0 Å². The Morgan fingerprint density at radius 1 is 1.16 bits per heavy atom. The van der Waals surface area contributed by atoms with Crippen molar-refractivity contribution < 1.29 is 18.0 Å². The van der Waals surface area contributed by atoms with Crippen LogP contribution in [-0.2, 0) is 10.2 Å². The predicted molar refractivity (Wildman–Crippen MR) is 119 cm³/mol. The molecule has 2 N–H and O–H groups in total. The van der Waals surface area contributed by atoms with Crippen LogP contribution in [0.4, 0.5) is 18.9 Å². The van der Waals surface area contributed by atoms with Gasteiger partial charge in [-0.1, -0.05) is 48.0 Å². The minimum absolute atomic E-state index is 0.0633. The number of carbonyl (C=O) groups excluding carboxylic acids is 1. The van der Waals surface area contributed by atoms with Gasteiger partial charge in [0.15, 0.2) is 0 Å². The molecule has 1 saturated carbocycles. The van der Waals surface area contributed by atoms with Crippen molar-refractivity contribution in [1.29, 1.82) is 0 Å². The lowest BCUT2D eigenvalue weighted by molar-refractivity contribution is -0.110. The number of halogens is 5. The van der Waals surface area contributed by atoms with Gasteiger partial charge in [0.25, 0.3) is 0 Å². The zero-order valence-corrected chi connectivity index (χ0v) is 18.5. The predicted octanol–water partition coefficient (Wildman–Crippen LogP) is 5.72. The van der Waals surface area contributed by atoms with E-state index in [2.05, 4.69) is 17.2 Å². The lowest BCUT2D eigenvalue weighted by Gasteiger charge is -2.60. The third-order valence-electron chi connectivity index (χ3n) is 7.58. The number of hydrogen-bond acceptors (Lipinski definition) is 3. The van der Waals surface area contributed by atoms with Crippen LogP contribution in [0.2, 0.25) is 10.0 Å². The lowest BCUT2D eigenvalue weighted by Crippen LogP contribution is -2.68. The van der Waals surface area contributed by atoms with E-state index in [0.29, 0.717) is 16.4 Å². The van der Waals surface area contributed by atoms with Crippen molar-refractivity contribution in [2.45, 2.75) is 35.8 Å². The monoisotopic (exact) mass is 480 g/mol. The quantitative estimate of drug-likeness (QED) is 0.549. The number of fused-ring (bicyclic) bond motifs is 3. The summed E-state index contributed by atoms with van der Waals surface area (Å²) in [5.41, 5.74) is -0.868. The van der Waals surface area contributed by atoms with Crippen LogP contribution in [0.15, 0.2) is 48.7 Å². The topological polar surface area (TPSA) is 41.1 Å².